The molecule has 1 heterocycles. The van der Waals surface area contributed by atoms with Crippen molar-refractivity contribution in [3.05, 3.63) is 47.4 Å². The van der Waals surface area contributed by atoms with Gasteiger partial charge in [-0.3, -0.25) is 9.69 Å². The van der Waals surface area contributed by atoms with Gasteiger partial charge in [0.2, 0.25) is 0 Å². The number of thioether (sulfide) groups is 1. The molecule has 1 aromatic rings. The van der Waals surface area contributed by atoms with Crippen molar-refractivity contribution in [2.75, 3.05) is 6.61 Å². The van der Waals surface area contributed by atoms with Crippen molar-refractivity contribution in [2.24, 2.45) is 0 Å². The summed E-state index contributed by atoms with van der Waals surface area (Å²) in [5.41, 5.74) is 0.798. The van der Waals surface area contributed by atoms with Crippen molar-refractivity contribution in [2.45, 2.75) is 25.8 Å². The molecule has 5 nitrogen and oxygen atoms in total. The Morgan fingerprint density at radius 2 is 2.12 bits per heavy atom. The van der Waals surface area contributed by atoms with Crippen LogP contribution in [0.5, 0.6) is 5.75 Å². The van der Waals surface area contributed by atoms with Crippen molar-refractivity contribution < 1.29 is 19.4 Å². The summed E-state index contributed by atoms with van der Waals surface area (Å²) in [5, 5.41) is 11.3. The fraction of sp³-hybridized carbons (Fsp3) is 0.278. The highest BCUT2D eigenvalue weighted by atomic mass is 32.2. The largest absolute Gasteiger partial charge is 0.548 e. The minimum atomic E-state index is -1.29. The molecule has 1 aromatic carbocycles. The fourth-order valence-corrected chi connectivity index (χ4v) is 3.70. The van der Waals surface area contributed by atoms with Gasteiger partial charge in [0, 0.05) is 0 Å². The number of ether oxygens (including phenoxy) is 1. The first-order valence-corrected chi connectivity index (χ1v) is 9.02. The van der Waals surface area contributed by atoms with Gasteiger partial charge in [-0.2, -0.15) is 0 Å². The van der Waals surface area contributed by atoms with Gasteiger partial charge in [0.15, 0.2) is 0 Å². The number of thiocarbonyl (C=S) groups is 1. The van der Waals surface area contributed by atoms with Crippen LogP contribution in [0.25, 0.3) is 6.08 Å². The fourth-order valence-electron chi connectivity index (χ4n) is 2.34. The maximum Gasteiger partial charge on any atom is 0.266 e. The van der Waals surface area contributed by atoms with Crippen LogP contribution in [-0.4, -0.2) is 33.7 Å². The summed E-state index contributed by atoms with van der Waals surface area (Å²) in [6.45, 7) is 5.85. The molecule has 0 N–H and O–H groups in total. The van der Waals surface area contributed by atoms with Crippen molar-refractivity contribution >= 4 is 46.3 Å². The molecule has 0 aliphatic carbocycles. The Morgan fingerprint density at radius 1 is 1.44 bits per heavy atom. The van der Waals surface area contributed by atoms with Crippen molar-refractivity contribution in [1.29, 1.82) is 0 Å². The molecule has 0 radical (unpaired) electrons. The van der Waals surface area contributed by atoms with Gasteiger partial charge in [0.05, 0.1) is 16.9 Å². The summed E-state index contributed by atoms with van der Waals surface area (Å²) in [4.78, 5) is 25.5. The standard InChI is InChI=1S/C18H19NO4S2/c1-3-5-14(17(21)22)19-16(20)15(25-18(19)24)11-12-6-8-13(9-7-12)23-10-4-2/h4,6-9,11,14H,2-3,5,10H2,1H3,(H,21,22)/p-1/b15-11+/t14-/m0/s1. The SMILES string of the molecule is C=CCOc1ccc(/C=C2/SC(=S)N([C@@H](CCC)C(=O)[O-])C2=O)cc1. The van der Waals surface area contributed by atoms with Crippen molar-refractivity contribution in [3.8, 4) is 5.75 Å². The number of carboxylic acids is 1. The second-order valence-electron chi connectivity index (χ2n) is 5.34. The number of rotatable bonds is 8. The van der Waals surface area contributed by atoms with E-state index in [0.717, 1.165) is 22.2 Å². The monoisotopic (exact) mass is 376 g/mol. The highest BCUT2D eigenvalue weighted by Crippen LogP contribution is 2.34. The van der Waals surface area contributed by atoms with Crippen LogP contribution >= 0.6 is 24.0 Å². The molecule has 132 valence electrons. The zero-order valence-corrected chi connectivity index (χ0v) is 15.4. The van der Waals surface area contributed by atoms with Crippen LogP contribution in [0.2, 0.25) is 0 Å². The van der Waals surface area contributed by atoms with Crippen LogP contribution in [0.3, 0.4) is 0 Å². The second-order valence-corrected chi connectivity index (χ2v) is 7.02. The molecule has 0 spiro atoms. The molecular weight excluding hydrogens is 358 g/mol. The van der Waals surface area contributed by atoms with Crippen LogP contribution in [-0.2, 0) is 9.59 Å². The van der Waals surface area contributed by atoms with E-state index < -0.39 is 17.9 Å². The zero-order valence-electron chi connectivity index (χ0n) is 13.8. The highest BCUT2D eigenvalue weighted by molar-refractivity contribution is 8.26. The predicted octanol–water partition coefficient (Wildman–Crippen LogP) is 2.37. The highest BCUT2D eigenvalue weighted by Gasteiger charge is 2.37. The number of nitrogens with zero attached hydrogens (tertiary/aromatic N) is 1. The minimum absolute atomic E-state index is 0.241. The van der Waals surface area contributed by atoms with E-state index in [2.05, 4.69) is 6.58 Å². The Labute approximate surface area is 156 Å². The van der Waals surface area contributed by atoms with Gasteiger partial charge in [0.25, 0.3) is 5.91 Å². The van der Waals surface area contributed by atoms with Crippen molar-refractivity contribution in [1.82, 2.24) is 4.90 Å². The first kappa shape index (κ1) is 19.2. The van der Waals surface area contributed by atoms with E-state index in [1.54, 1.807) is 24.3 Å². The van der Waals surface area contributed by atoms with E-state index in [1.165, 1.54) is 0 Å². The molecule has 1 aliphatic rings. The molecule has 1 aliphatic heterocycles. The Bertz CT molecular complexity index is 712. The molecule has 25 heavy (non-hydrogen) atoms. The summed E-state index contributed by atoms with van der Waals surface area (Å²) in [6.07, 6.45) is 4.26. The van der Waals surface area contributed by atoms with E-state index in [-0.39, 0.29) is 4.32 Å². The van der Waals surface area contributed by atoms with Crippen LogP contribution in [0, 0.1) is 0 Å². The van der Waals surface area contributed by atoms with E-state index >= 15 is 0 Å². The van der Waals surface area contributed by atoms with Gasteiger partial charge in [-0.1, -0.05) is 62.1 Å². The molecule has 2 rings (SSSR count). The number of carbonyl (C=O) groups is 2. The van der Waals surface area contributed by atoms with Crippen LogP contribution in [0.1, 0.15) is 25.3 Å². The van der Waals surface area contributed by atoms with Gasteiger partial charge >= 0.3 is 0 Å². The Morgan fingerprint density at radius 3 is 2.68 bits per heavy atom. The third-order valence-corrected chi connectivity index (χ3v) is 4.85. The topological polar surface area (TPSA) is 69.7 Å². The normalized spacial score (nSPS) is 17.0. The molecule has 7 heteroatoms. The lowest BCUT2D eigenvalue weighted by molar-refractivity contribution is -0.310. The van der Waals surface area contributed by atoms with Gasteiger partial charge in [-0.05, 0) is 30.2 Å². The van der Waals surface area contributed by atoms with Gasteiger partial charge < -0.3 is 14.6 Å². The average Bonchev–Trinajstić information content (AvgIpc) is 2.86. The number of benzene rings is 1. The molecule has 0 aromatic heterocycles. The van der Waals surface area contributed by atoms with Crippen LogP contribution < -0.4 is 9.84 Å². The lowest BCUT2D eigenvalue weighted by atomic mass is 10.1. The second kappa shape index (κ2) is 8.82. The predicted molar refractivity (Wildman–Crippen MR) is 101 cm³/mol. The first-order chi connectivity index (χ1) is 12.0. The molecule has 1 amide bonds. The molecule has 1 atom stereocenters. The van der Waals surface area contributed by atoms with Crippen molar-refractivity contribution in [3.63, 3.8) is 0 Å². The third kappa shape index (κ3) is 4.70. The molecule has 0 unspecified atom stereocenters. The Balaban J connectivity index is 2.19. The third-order valence-electron chi connectivity index (χ3n) is 3.52. The minimum Gasteiger partial charge on any atom is -0.548 e. The molecule has 0 saturated carbocycles. The number of amides is 1. The number of carbonyl (C=O) groups excluding carboxylic acids is 2. The molecular formula is C18H18NO4S2-. The van der Waals surface area contributed by atoms with E-state index in [1.807, 2.05) is 19.1 Å². The number of hydrogen-bond donors (Lipinski definition) is 0. The van der Waals surface area contributed by atoms with E-state index in [0.29, 0.717) is 30.1 Å². The molecule has 1 fully saturated rings. The summed E-state index contributed by atoms with van der Waals surface area (Å²) >= 11 is 6.30. The average molecular weight is 376 g/mol. The molecule has 1 saturated heterocycles. The van der Waals surface area contributed by atoms with Gasteiger partial charge in [-0.25, -0.2) is 0 Å². The zero-order chi connectivity index (χ0) is 18.4. The lowest BCUT2D eigenvalue weighted by Crippen LogP contribution is -2.49. The smallest absolute Gasteiger partial charge is 0.266 e. The number of hydrogen-bond acceptors (Lipinski definition) is 6. The van der Waals surface area contributed by atoms with Crippen LogP contribution in [0.4, 0.5) is 0 Å². The summed E-state index contributed by atoms with van der Waals surface area (Å²) in [6, 6.07) is 6.17. The maximum absolute atomic E-state index is 12.6. The van der Waals surface area contributed by atoms with E-state index in [9.17, 15) is 14.7 Å². The summed E-state index contributed by atoms with van der Waals surface area (Å²) in [7, 11) is 0. The summed E-state index contributed by atoms with van der Waals surface area (Å²) in [5.74, 6) is -0.989. The Kier molecular flexibility index (Phi) is 6.78. The Hall–Kier alpha value is -2.12. The van der Waals surface area contributed by atoms with Gasteiger partial charge in [-0.15, -0.1) is 0 Å². The number of carboxylic acid groups (broad SMARTS) is 1. The van der Waals surface area contributed by atoms with Crippen LogP contribution in [0.15, 0.2) is 41.8 Å². The van der Waals surface area contributed by atoms with Gasteiger partial charge in [0.1, 0.15) is 16.7 Å². The quantitative estimate of drug-likeness (QED) is 0.394. The number of aliphatic carboxylic acids is 1. The summed E-state index contributed by atoms with van der Waals surface area (Å²) < 4.78 is 5.65. The lowest BCUT2D eigenvalue weighted by Gasteiger charge is -2.27. The van der Waals surface area contributed by atoms with E-state index in [4.69, 9.17) is 17.0 Å². The molecule has 0 bridgehead atoms. The maximum atomic E-state index is 12.6. The first-order valence-electron chi connectivity index (χ1n) is 7.79.